The van der Waals surface area contributed by atoms with Crippen LogP contribution in [-0.4, -0.2) is 43.9 Å². The van der Waals surface area contributed by atoms with Gasteiger partial charge in [0.05, 0.1) is 17.9 Å². The van der Waals surface area contributed by atoms with E-state index in [0.29, 0.717) is 12.0 Å². The fourth-order valence-corrected chi connectivity index (χ4v) is 4.01. The van der Waals surface area contributed by atoms with E-state index in [1.807, 2.05) is 0 Å². The van der Waals surface area contributed by atoms with E-state index in [0.717, 1.165) is 0 Å². The lowest BCUT2D eigenvalue weighted by Crippen LogP contribution is -2.42. The Labute approximate surface area is 133 Å². The third kappa shape index (κ3) is 5.31. The van der Waals surface area contributed by atoms with Gasteiger partial charge in [0.15, 0.2) is 15.9 Å². The normalized spacial score (nSPS) is 20.7. The van der Waals surface area contributed by atoms with E-state index >= 15 is 0 Å². The van der Waals surface area contributed by atoms with Crippen LogP contribution < -0.4 is 5.32 Å². The van der Waals surface area contributed by atoms with Crippen molar-refractivity contribution in [2.75, 3.05) is 11.5 Å². The quantitative estimate of drug-likeness (QED) is 0.791. The minimum Gasteiger partial charge on any atom is -0.452 e. The van der Waals surface area contributed by atoms with Crippen LogP contribution in [0.5, 0.6) is 0 Å². The van der Waals surface area contributed by atoms with Crippen molar-refractivity contribution in [1.82, 2.24) is 5.32 Å². The van der Waals surface area contributed by atoms with Gasteiger partial charge in [-0.15, -0.1) is 0 Å². The minimum absolute atomic E-state index is 0.0473. The molecule has 1 amide bonds. The van der Waals surface area contributed by atoms with Gasteiger partial charge in [-0.2, -0.15) is 0 Å². The molecule has 1 aliphatic heterocycles. The fourth-order valence-electron chi connectivity index (χ4n) is 2.33. The Morgan fingerprint density at radius 2 is 2.17 bits per heavy atom. The molecule has 1 aromatic carbocycles. The first-order chi connectivity index (χ1) is 10.7. The average Bonchev–Trinajstić information content (AvgIpc) is 2.77. The summed E-state index contributed by atoms with van der Waals surface area (Å²) in [5.74, 6) is -1.70. The molecular formula is C15H18FNO5S. The number of sulfone groups is 1. The maximum atomic E-state index is 13.0. The molecule has 23 heavy (non-hydrogen) atoms. The lowest BCUT2D eigenvalue weighted by molar-refractivity contribution is -0.154. The van der Waals surface area contributed by atoms with Crippen LogP contribution >= 0.6 is 0 Å². The molecule has 0 aliphatic carbocycles. The molecule has 2 rings (SSSR count). The van der Waals surface area contributed by atoms with Crippen molar-refractivity contribution < 1.29 is 27.1 Å². The maximum absolute atomic E-state index is 13.0. The van der Waals surface area contributed by atoms with E-state index < -0.39 is 39.7 Å². The molecule has 0 saturated carbocycles. The topological polar surface area (TPSA) is 89.5 Å². The molecule has 8 heteroatoms. The van der Waals surface area contributed by atoms with E-state index in [4.69, 9.17) is 4.74 Å². The Morgan fingerprint density at radius 1 is 1.43 bits per heavy atom. The maximum Gasteiger partial charge on any atom is 0.311 e. The zero-order chi connectivity index (χ0) is 17.0. The van der Waals surface area contributed by atoms with Gasteiger partial charge in [-0.1, -0.05) is 12.1 Å². The van der Waals surface area contributed by atoms with E-state index in [1.54, 1.807) is 6.07 Å². The Bertz CT molecular complexity index is 704. The number of carbonyl (C=O) groups is 2. The van der Waals surface area contributed by atoms with Crippen LogP contribution in [0.3, 0.4) is 0 Å². The molecule has 1 heterocycles. The third-order valence-corrected chi connectivity index (χ3v) is 5.26. The summed E-state index contributed by atoms with van der Waals surface area (Å²) in [6, 6.07) is 5.10. The lowest BCUT2D eigenvalue weighted by Gasteiger charge is -2.16. The number of carbonyl (C=O) groups excluding carboxylic acids is 2. The van der Waals surface area contributed by atoms with E-state index in [2.05, 4.69) is 5.32 Å². The third-order valence-electron chi connectivity index (χ3n) is 3.49. The summed E-state index contributed by atoms with van der Waals surface area (Å²) >= 11 is 0. The Hall–Kier alpha value is -1.96. The number of rotatable bonds is 5. The molecule has 0 bridgehead atoms. The molecule has 126 valence electrons. The minimum atomic E-state index is -3.09. The number of benzene rings is 1. The van der Waals surface area contributed by atoms with E-state index in [9.17, 15) is 22.4 Å². The number of hydrogen-bond donors (Lipinski definition) is 1. The summed E-state index contributed by atoms with van der Waals surface area (Å²) in [6.45, 7) is 1.41. The van der Waals surface area contributed by atoms with Crippen LogP contribution in [0.25, 0.3) is 0 Å². The van der Waals surface area contributed by atoms with Crippen molar-refractivity contribution in [3.8, 4) is 0 Å². The van der Waals surface area contributed by atoms with Gasteiger partial charge in [0.25, 0.3) is 5.91 Å². The molecular weight excluding hydrogens is 325 g/mol. The summed E-state index contributed by atoms with van der Waals surface area (Å²) in [5.41, 5.74) is 0.449. The zero-order valence-corrected chi connectivity index (χ0v) is 13.4. The van der Waals surface area contributed by atoms with Gasteiger partial charge < -0.3 is 10.1 Å². The lowest BCUT2D eigenvalue weighted by atomic mass is 10.1. The largest absolute Gasteiger partial charge is 0.452 e. The Balaban J connectivity index is 1.82. The number of ether oxygens (including phenoxy) is 1. The number of hydrogen-bond acceptors (Lipinski definition) is 5. The van der Waals surface area contributed by atoms with Gasteiger partial charge in [0, 0.05) is 6.04 Å². The predicted octanol–water partition coefficient (Wildman–Crippen LogP) is 0.603. The number of amides is 1. The molecule has 0 spiro atoms. The van der Waals surface area contributed by atoms with Gasteiger partial charge in [0.1, 0.15) is 5.82 Å². The standard InChI is InChI=1S/C15H18FNO5S/c1-10(15(19)17-13-5-6-23(20,21)9-13)22-14(18)8-11-3-2-4-12(16)7-11/h2-4,7,10,13H,5-6,8-9H2,1H3,(H,17,19)/t10-,13-/m0/s1. The zero-order valence-electron chi connectivity index (χ0n) is 12.6. The molecule has 1 aliphatic rings. The highest BCUT2D eigenvalue weighted by Gasteiger charge is 2.30. The van der Waals surface area contributed by atoms with Gasteiger partial charge in [-0.25, -0.2) is 12.8 Å². The first-order valence-corrected chi connectivity index (χ1v) is 9.02. The van der Waals surface area contributed by atoms with Crippen LogP contribution in [0, 0.1) is 5.82 Å². The molecule has 0 unspecified atom stereocenters. The second-order valence-electron chi connectivity index (χ2n) is 5.55. The van der Waals surface area contributed by atoms with Crippen molar-refractivity contribution in [2.24, 2.45) is 0 Å². The van der Waals surface area contributed by atoms with Crippen molar-refractivity contribution in [2.45, 2.75) is 31.9 Å². The highest BCUT2D eigenvalue weighted by atomic mass is 32.2. The Morgan fingerprint density at radius 3 is 2.78 bits per heavy atom. The van der Waals surface area contributed by atoms with Crippen LogP contribution in [0.15, 0.2) is 24.3 Å². The first-order valence-electron chi connectivity index (χ1n) is 7.20. The van der Waals surface area contributed by atoms with Crippen LogP contribution in [0.4, 0.5) is 4.39 Å². The molecule has 1 N–H and O–H groups in total. The van der Waals surface area contributed by atoms with Gasteiger partial charge in [0.2, 0.25) is 0 Å². The summed E-state index contributed by atoms with van der Waals surface area (Å²) in [5, 5.41) is 2.56. The average molecular weight is 343 g/mol. The van der Waals surface area contributed by atoms with Crippen molar-refractivity contribution in [3.05, 3.63) is 35.6 Å². The molecule has 2 atom stereocenters. The van der Waals surface area contributed by atoms with Crippen LogP contribution in [0.1, 0.15) is 18.9 Å². The molecule has 0 radical (unpaired) electrons. The number of nitrogens with one attached hydrogen (secondary N) is 1. The van der Waals surface area contributed by atoms with E-state index in [-0.39, 0.29) is 17.9 Å². The van der Waals surface area contributed by atoms with Crippen LogP contribution in [0.2, 0.25) is 0 Å². The summed E-state index contributed by atoms with van der Waals surface area (Å²) in [4.78, 5) is 23.7. The SMILES string of the molecule is C[C@H](OC(=O)Cc1cccc(F)c1)C(=O)N[C@H]1CCS(=O)(=O)C1. The van der Waals surface area contributed by atoms with E-state index in [1.165, 1.54) is 25.1 Å². The van der Waals surface area contributed by atoms with Crippen molar-refractivity contribution in [3.63, 3.8) is 0 Å². The summed E-state index contributed by atoms with van der Waals surface area (Å²) in [6.07, 6.45) is -0.829. The Kier molecular flexibility index (Phi) is 5.35. The molecule has 1 saturated heterocycles. The fraction of sp³-hybridized carbons (Fsp3) is 0.467. The summed E-state index contributed by atoms with van der Waals surface area (Å²) in [7, 11) is -3.09. The number of halogens is 1. The molecule has 6 nitrogen and oxygen atoms in total. The highest BCUT2D eigenvalue weighted by molar-refractivity contribution is 7.91. The molecule has 0 aromatic heterocycles. The second kappa shape index (κ2) is 7.08. The van der Waals surface area contributed by atoms with Crippen molar-refractivity contribution >= 4 is 21.7 Å². The van der Waals surface area contributed by atoms with Gasteiger partial charge in [-0.05, 0) is 31.0 Å². The molecule has 1 aromatic rings. The first kappa shape index (κ1) is 17.4. The monoisotopic (exact) mass is 343 g/mol. The number of esters is 1. The highest BCUT2D eigenvalue weighted by Crippen LogP contribution is 2.12. The second-order valence-corrected chi connectivity index (χ2v) is 7.78. The van der Waals surface area contributed by atoms with Crippen LogP contribution in [-0.2, 0) is 30.6 Å². The van der Waals surface area contributed by atoms with Gasteiger partial charge in [-0.3, -0.25) is 9.59 Å². The smallest absolute Gasteiger partial charge is 0.311 e. The van der Waals surface area contributed by atoms with Crippen molar-refractivity contribution in [1.29, 1.82) is 0 Å². The summed E-state index contributed by atoms with van der Waals surface area (Å²) < 4.78 is 40.7. The molecule has 1 fully saturated rings. The predicted molar refractivity (Wildman–Crippen MR) is 80.9 cm³/mol. The van der Waals surface area contributed by atoms with Gasteiger partial charge >= 0.3 is 5.97 Å².